The van der Waals surface area contributed by atoms with Gasteiger partial charge in [-0.1, -0.05) is 0 Å². The number of nitrogens with two attached hydrogens (primary N) is 5. The number of aliphatic hydroxyl groups is 2. The molecule has 0 aromatic carbocycles. The van der Waals surface area contributed by atoms with Crippen LogP contribution in [0.1, 0.15) is 25.7 Å². The minimum Gasteiger partial charge on any atom is -0.466 e. The second kappa shape index (κ2) is 14.2. The van der Waals surface area contributed by atoms with Gasteiger partial charge in [-0.3, -0.25) is 9.59 Å². The highest BCUT2D eigenvalue weighted by molar-refractivity contribution is 5.78. The maximum atomic E-state index is 12.6. The number of likely N-dealkylation sites (N-methyl/N-ethyl adjacent to an activating group) is 1. The van der Waals surface area contributed by atoms with Crippen molar-refractivity contribution in [2.45, 2.75) is 80.6 Å². The van der Waals surface area contributed by atoms with Crippen LogP contribution >= 0.6 is 0 Å². The SMILES string of the molecule is COC1C(O)C(N)C(OC2OC(CN)=CCC2NC(=O)CC(N)CCCN)C(O)C1N(C)C(=O)CN. The van der Waals surface area contributed by atoms with Gasteiger partial charge < -0.3 is 63.3 Å². The highest BCUT2D eigenvalue weighted by atomic mass is 16.7. The van der Waals surface area contributed by atoms with E-state index >= 15 is 0 Å². The molecule has 1 aliphatic carbocycles. The molecule has 1 fully saturated rings. The van der Waals surface area contributed by atoms with Crippen LogP contribution in [0.15, 0.2) is 11.8 Å². The third-order valence-corrected chi connectivity index (χ3v) is 6.68. The number of amides is 2. The Kier molecular flexibility index (Phi) is 11.9. The van der Waals surface area contributed by atoms with Gasteiger partial charge in [0, 0.05) is 26.6 Å². The van der Waals surface area contributed by atoms with Crippen LogP contribution in [0.4, 0.5) is 0 Å². The second-order valence-electron chi connectivity index (χ2n) is 9.22. The summed E-state index contributed by atoms with van der Waals surface area (Å²) in [6, 6.07) is -3.10. The lowest BCUT2D eigenvalue weighted by atomic mass is 9.80. The molecule has 2 rings (SSSR count). The van der Waals surface area contributed by atoms with Crippen molar-refractivity contribution >= 4 is 11.8 Å². The fourth-order valence-corrected chi connectivity index (χ4v) is 4.61. The van der Waals surface area contributed by atoms with Crippen molar-refractivity contribution < 1.29 is 34.0 Å². The number of aliphatic hydroxyl groups excluding tert-OH is 2. The van der Waals surface area contributed by atoms with E-state index in [9.17, 15) is 19.8 Å². The molecular formula is C22H43N7O7. The zero-order valence-corrected chi connectivity index (χ0v) is 21.0. The summed E-state index contributed by atoms with van der Waals surface area (Å²) in [4.78, 5) is 26.1. The molecule has 0 radical (unpaired) electrons. The van der Waals surface area contributed by atoms with E-state index in [-0.39, 0.29) is 31.5 Å². The molecule has 1 heterocycles. The Labute approximate surface area is 211 Å². The molecule has 13 N–H and O–H groups in total. The molecule has 2 aliphatic rings. The minimum atomic E-state index is -1.37. The van der Waals surface area contributed by atoms with Crippen molar-refractivity contribution in [1.29, 1.82) is 0 Å². The third kappa shape index (κ3) is 7.34. The van der Waals surface area contributed by atoms with Crippen LogP contribution in [0, 0.1) is 0 Å². The van der Waals surface area contributed by atoms with Gasteiger partial charge in [0.25, 0.3) is 0 Å². The fraction of sp³-hybridized carbons (Fsp3) is 0.818. The first-order valence-electron chi connectivity index (χ1n) is 12.2. The van der Waals surface area contributed by atoms with Gasteiger partial charge in [0.1, 0.15) is 24.1 Å². The molecule has 0 aromatic heterocycles. The van der Waals surface area contributed by atoms with Crippen LogP contribution < -0.4 is 34.0 Å². The van der Waals surface area contributed by atoms with Gasteiger partial charge in [-0.15, -0.1) is 0 Å². The van der Waals surface area contributed by atoms with Gasteiger partial charge >= 0.3 is 0 Å². The molecule has 14 heteroatoms. The topological polar surface area (TPSA) is 248 Å². The van der Waals surface area contributed by atoms with Crippen molar-refractivity contribution in [3.63, 3.8) is 0 Å². The number of carbonyl (C=O) groups excluding carboxylic acids is 2. The summed E-state index contributed by atoms with van der Waals surface area (Å²) in [6.45, 7) is 0.275. The maximum Gasteiger partial charge on any atom is 0.236 e. The predicted octanol–water partition coefficient (Wildman–Crippen LogP) is -4.23. The van der Waals surface area contributed by atoms with Crippen LogP contribution in [-0.4, -0.2) is 116 Å². The summed E-state index contributed by atoms with van der Waals surface area (Å²) >= 11 is 0. The van der Waals surface area contributed by atoms with Crippen LogP contribution in [0.5, 0.6) is 0 Å². The number of nitrogens with zero attached hydrogens (tertiary/aromatic N) is 1. The molecule has 9 atom stereocenters. The van der Waals surface area contributed by atoms with E-state index < -0.39 is 54.7 Å². The highest BCUT2D eigenvalue weighted by Gasteiger charge is 2.53. The van der Waals surface area contributed by atoms with Crippen molar-refractivity contribution in [2.24, 2.45) is 28.7 Å². The third-order valence-electron chi connectivity index (χ3n) is 6.68. The summed E-state index contributed by atoms with van der Waals surface area (Å²) in [5.74, 6) is -0.336. The lowest BCUT2D eigenvalue weighted by molar-refractivity contribution is -0.241. The van der Waals surface area contributed by atoms with Crippen molar-refractivity contribution in [3.05, 3.63) is 11.8 Å². The molecule has 14 nitrogen and oxygen atoms in total. The van der Waals surface area contributed by atoms with E-state index in [2.05, 4.69) is 5.32 Å². The lowest BCUT2D eigenvalue weighted by Crippen LogP contribution is -2.72. The summed E-state index contributed by atoms with van der Waals surface area (Å²) in [6.07, 6.45) is -2.42. The molecule has 208 valence electrons. The lowest BCUT2D eigenvalue weighted by Gasteiger charge is -2.49. The number of rotatable bonds is 12. The Morgan fingerprint density at radius 2 is 1.94 bits per heavy atom. The van der Waals surface area contributed by atoms with Gasteiger partial charge in [0.15, 0.2) is 0 Å². The first-order valence-corrected chi connectivity index (χ1v) is 12.2. The molecule has 1 saturated carbocycles. The summed E-state index contributed by atoms with van der Waals surface area (Å²) in [5.41, 5.74) is 29.0. The Balaban J connectivity index is 2.22. The van der Waals surface area contributed by atoms with Gasteiger partial charge in [-0.05, 0) is 31.9 Å². The van der Waals surface area contributed by atoms with E-state index in [1.165, 1.54) is 19.1 Å². The van der Waals surface area contributed by atoms with E-state index in [1.807, 2.05) is 0 Å². The summed E-state index contributed by atoms with van der Waals surface area (Å²) < 4.78 is 17.3. The molecule has 1 aliphatic heterocycles. The maximum absolute atomic E-state index is 12.6. The minimum absolute atomic E-state index is 0.0878. The van der Waals surface area contributed by atoms with E-state index in [1.54, 1.807) is 6.08 Å². The van der Waals surface area contributed by atoms with Crippen LogP contribution in [0.25, 0.3) is 0 Å². The average molecular weight is 518 g/mol. The van der Waals surface area contributed by atoms with Crippen LogP contribution in [0.2, 0.25) is 0 Å². The largest absolute Gasteiger partial charge is 0.466 e. The summed E-state index contributed by atoms with van der Waals surface area (Å²) in [7, 11) is 2.79. The number of hydrogen-bond acceptors (Lipinski definition) is 12. The molecule has 36 heavy (non-hydrogen) atoms. The second-order valence-corrected chi connectivity index (χ2v) is 9.22. The quantitative estimate of drug-likeness (QED) is 0.123. The standard InChI is InChI=1S/C22H43N7O7/c1-29(15(31)10-25)17-19(33)20(16(27)18(32)21(17)34-2)36-22-13(6-5-12(9-24)35-22)28-14(30)8-11(26)4-3-7-23/h5,11,13,16-22,32-33H,3-4,6-10,23-27H2,1-2H3,(H,28,30). The Morgan fingerprint density at radius 1 is 1.25 bits per heavy atom. The molecule has 2 amide bonds. The average Bonchev–Trinajstić information content (AvgIpc) is 2.86. The van der Waals surface area contributed by atoms with E-state index in [4.69, 9.17) is 42.9 Å². The number of methoxy groups -OCH3 is 1. The van der Waals surface area contributed by atoms with Gasteiger partial charge in [0.05, 0.1) is 37.3 Å². The first-order chi connectivity index (χ1) is 17.1. The van der Waals surface area contributed by atoms with Crippen molar-refractivity contribution in [3.8, 4) is 0 Å². The Hall–Kier alpha value is -1.88. The van der Waals surface area contributed by atoms with Gasteiger partial charge in [-0.25, -0.2) is 0 Å². The fourth-order valence-electron chi connectivity index (χ4n) is 4.61. The van der Waals surface area contributed by atoms with E-state index in [0.717, 1.165) is 0 Å². The van der Waals surface area contributed by atoms with Crippen LogP contribution in [0.3, 0.4) is 0 Å². The van der Waals surface area contributed by atoms with Crippen molar-refractivity contribution in [1.82, 2.24) is 10.2 Å². The smallest absolute Gasteiger partial charge is 0.236 e. The molecule has 0 bridgehead atoms. The Morgan fingerprint density at radius 3 is 2.53 bits per heavy atom. The van der Waals surface area contributed by atoms with Crippen LogP contribution in [-0.2, 0) is 23.8 Å². The zero-order chi connectivity index (χ0) is 27.0. The highest BCUT2D eigenvalue weighted by Crippen LogP contribution is 2.30. The number of hydrogen-bond donors (Lipinski definition) is 8. The van der Waals surface area contributed by atoms with E-state index in [0.29, 0.717) is 31.6 Å². The zero-order valence-electron chi connectivity index (χ0n) is 21.0. The molecule has 0 spiro atoms. The Bertz CT molecular complexity index is 758. The molecular weight excluding hydrogens is 474 g/mol. The number of carbonyl (C=O) groups is 2. The number of nitrogens with one attached hydrogen (secondary N) is 1. The van der Waals surface area contributed by atoms with Gasteiger partial charge in [-0.2, -0.15) is 0 Å². The molecule has 0 saturated heterocycles. The molecule has 9 unspecified atom stereocenters. The normalized spacial score (nSPS) is 33.3. The van der Waals surface area contributed by atoms with Gasteiger partial charge in [0.2, 0.25) is 18.1 Å². The predicted molar refractivity (Wildman–Crippen MR) is 131 cm³/mol. The summed E-state index contributed by atoms with van der Waals surface area (Å²) in [5, 5.41) is 24.9. The first kappa shape index (κ1) is 30.3. The monoisotopic (exact) mass is 517 g/mol. The van der Waals surface area contributed by atoms with Crippen molar-refractivity contribution in [2.75, 3.05) is 33.8 Å². The number of ether oxygens (including phenoxy) is 3. The molecule has 0 aromatic rings.